The maximum absolute atomic E-state index is 5.26. The van der Waals surface area contributed by atoms with Crippen molar-refractivity contribution in [1.82, 2.24) is 9.97 Å². The molecule has 0 aromatic carbocycles. The molecule has 0 radical (unpaired) electrons. The van der Waals surface area contributed by atoms with Crippen LogP contribution in [0.2, 0.25) is 0 Å². The Bertz CT molecular complexity index is 758. The molecule has 2 N–H and O–H groups in total. The molecule has 132 valence electrons. The number of nitrogens with one attached hydrogen (secondary N) is 2. The molecular weight excluding hydrogens is 306 g/mol. The first kappa shape index (κ1) is 15.5. The summed E-state index contributed by atoms with van der Waals surface area (Å²) < 4.78 is 0. The van der Waals surface area contributed by atoms with Gasteiger partial charge < -0.3 is 9.97 Å². The summed E-state index contributed by atoms with van der Waals surface area (Å²) in [7, 11) is 0. The van der Waals surface area contributed by atoms with Gasteiger partial charge in [0.1, 0.15) is 0 Å². The van der Waals surface area contributed by atoms with Gasteiger partial charge in [0, 0.05) is 12.4 Å². The maximum Gasteiger partial charge on any atom is 0.0657 e. The highest BCUT2D eigenvalue weighted by Crippen LogP contribution is 2.57. The standard InChI is InChI=1S/C22H29N3/c1-3-18-14(2)21(19-5-4-6-23-19)25-20(18)13-24-22-10-15-7-16(11-22)9-17(8-15)12-22/h4-6,13,15-17,23,25H,3,7-12H2,1-2H3. The Kier molecular flexibility index (Phi) is 3.48. The smallest absolute Gasteiger partial charge is 0.0657 e. The average molecular weight is 335 g/mol. The van der Waals surface area contributed by atoms with Crippen LogP contribution < -0.4 is 0 Å². The number of aromatic nitrogens is 2. The van der Waals surface area contributed by atoms with Crippen LogP contribution >= 0.6 is 0 Å². The van der Waals surface area contributed by atoms with Crippen LogP contribution in [0.4, 0.5) is 0 Å². The Balaban J connectivity index is 1.48. The minimum Gasteiger partial charge on any atom is -0.360 e. The largest absolute Gasteiger partial charge is 0.360 e. The summed E-state index contributed by atoms with van der Waals surface area (Å²) in [6.07, 6.45) is 13.7. The summed E-state index contributed by atoms with van der Waals surface area (Å²) in [5.74, 6) is 2.86. The van der Waals surface area contributed by atoms with E-state index < -0.39 is 0 Å². The summed E-state index contributed by atoms with van der Waals surface area (Å²) in [5.41, 5.74) is 6.64. The van der Waals surface area contributed by atoms with Crippen molar-refractivity contribution in [3.63, 3.8) is 0 Å². The molecule has 0 unspecified atom stereocenters. The lowest BCUT2D eigenvalue weighted by Gasteiger charge is -2.54. The van der Waals surface area contributed by atoms with Crippen LogP contribution in [0.3, 0.4) is 0 Å². The molecule has 2 heterocycles. The van der Waals surface area contributed by atoms with Gasteiger partial charge >= 0.3 is 0 Å². The van der Waals surface area contributed by atoms with Gasteiger partial charge in [-0.3, -0.25) is 4.99 Å². The maximum atomic E-state index is 5.26. The second-order valence-electron chi connectivity index (χ2n) is 8.85. The second-order valence-corrected chi connectivity index (χ2v) is 8.85. The molecule has 4 aliphatic carbocycles. The van der Waals surface area contributed by atoms with Gasteiger partial charge in [-0.15, -0.1) is 0 Å². The Hall–Kier alpha value is -1.77. The van der Waals surface area contributed by atoms with E-state index in [4.69, 9.17) is 4.99 Å². The van der Waals surface area contributed by atoms with Crippen molar-refractivity contribution < 1.29 is 0 Å². The van der Waals surface area contributed by atoms with Gasteiger partial charge in [0.2, 0.25) is 0 Å². The zero-order valence-electron chi connectivity index (χ0n) is 15.4. The lowest BCUT2D eigenvalue weighted by atomic mass is 9.53. The van der Waals surface area contributed by atoms with Gasteiger partial charge in [-0.25, -0.2) is 0 Å². The van der Waals surface area contributed by atoms with E-state index in [0.29, 0.717) is 0 Å². The SMILES string of the molecule is CCc1c(C=NC23CC4CC(CC(C4)C2)C3)[nH]c(-c2ccc[nH]2)c1C. The fraction of sp³-hybridized carbons (Fsp3) is 0.591. The van der Waals surface area contributed by atoms with Crippen LogP contribution in [0.5, 0.6) is 0 Å². The first-order chi connectivity index (χ1) is 12.2. The molecule has 0 aliphatic heterocycles. The first-order valence-electron chi connectivity index (χ1n) is 10.1. The number of aromatic amines is 2. The molecule has 0 atom stereocenters. The average Bonchev–Trinajstić information content (AvgIpc) is 3.19. The fourth-order valence-electron chi connectivity index (χ4n) is 6.40. The van der Waals surface area contributed by atoms with Gasteiger partial charge in [-0.1, -0.05) is 6.92 Å². The molecular formula is C22H29N3. The van der Waals surface area contributed by atoms with E-state index in [1.165, 1.54) is 66.7 Å². The van der Waals surface area contributed by atoms with Gasteiger partial charge in [0.25, 0.3) is 0 Å². The van der Waals surface area contributed by atoms with Crippen molar-refractivity contribution in [2.75, 3.05) is 0 Å². The Morgan fingerprint density at radius 2 is 1.84 bits per heavy atom. The zero-order chi connectivity index (χ0) is 17.0. The van der Waals surface area contributed by atoms with Crippen molar-refractivity contribution in [2.45, 2.75) is 64.3 Å². The third-order valence-electron chi connectivity index (χ3n) is 7.11. The third-order valence-corrected chi connectivity index (χ3v) is 7.11. The molecule has 2 aromatic heterocycles. The molecule has 2 aromatic rings. The van der Waals surface area contributed by atoms with E-state index in [0.717, 1.165) is 24.2 Å². The van der Waals surface area contributed by atoms with Crippen molar-refractivity contribution in [3.8, 4) is 11.4 Å². The molecule has 0 spiro atoms. The van der Waals surface area contributed by atoms with Gasteiger partial charge in [-0.05, 0) is 92.9 Å². The van der Waals surface area contributed by atoms with Gasteiger partial charge in [-0.2, -0.15) is 0 Å². The van der Waals surface area contributed by atoms with E-state index in [2.05, 4.69) is 42.2 Å². The van der Waals surface area contributed by atoms with Crippen molar-refractivity contribution in [1.29, 1.82) is 0 Å². The highest BCUT2D eigenvalue weighted by molar-refractivity contribution is 5.83. The Labute approximate surface area is 150 Å². The number of hydrogen-bond donors (Lipinski definition) is 2. The molecule has 3 heteroatoms. The summed E-state index contributed by atoms with van der Waals surface area (Å²) in [6.45, 7) is 4.48. The molecule has 6 rings (SSSR count). The highest BCUT2D eigenvalue weighted by atomic mass is 14.9. The lowest BCUT2D eigenvalue weighted by molar-refractivity contribution is 0.00194. The molecule has 0 saturated heterocycles. The van der Waals surface area contributed by atoms with E-state index in [-0.39, 0.29) is 5.54 Å². The predicted octanol–water partition coefficient (Wildman–Crippen LogP) is 5.27. The number of nitrogens with zero attached hydrogens (tertiary/aromatic N) is 1. The molecule has 4 fully saturated rings. The van der Waals surface area contributed by atoms with Crippen LogP contribution in [0, 0.1) is 24.7 Å². The van der Waals surface area contributed by atoms with Gasteiger partial charge in [0.05, 0.1) is 22.6 Å². The minimum absolute atomic E-state index is 0.255. The van der Waals surface area contributed by atoms with Crippen molar-refractivity contribution >= 4 is 6.21 Å². The minimum atomic E-state index is 0.255. The van der Waals surface area contributed by atoms with Crippen molar-refractivity contribution in [3.05, 3.63) is 35.2 Å². The second kappa shape index (κ2) is 5.62. The van der Waals surface area contributed by atoms with Crippen LogP contribution in [-0.2, 0) is 6.42 Å². The molecule has 0 amide bonds. The molecule has 25 heavy (non-hydrogen) atoms. The van der Waals surface area contributed by atoms with E-state index in [9.17, 15) is 0 Å². The Morgan fingerprint density at radius 1 is 1.16 bits per heavy atom. The van der Waals surface area contributed by atoms with Crippen LogP contribution in [0.15, 0.2) is 23.3 Å². The number of rotatable bonds is 4. The van der Waals surface area contributed by atoms with Crippen LogP contribution in [-0.4, -0.2) is 21.7 Å². The molecule has 3 nitrogen and oxygen atoms in total. The molecule has 4 bridgehead atoms. The predicted molar refractivity (Wildman–Crippen MR) is 103 cm³/mol. The Morgan fingerprint density at radius 3 is 2.40 bits per heavy atom. The molecule has 4 aliphatic rings. The van der Waals surface area contributed by atoms with Crippen LogP contribution in [0.1, 0.15) is 62.3 Å². The van der Waals surface area contributed by atoms with Crippen LogP contribution in [0.25, 0.3) is 11.4 Å². The fourth-order valence-corrected chi connectivity index (χ4v) is 6.40. The number of H-pyrrole nitrogens is 2. The van der Waals surface area contributed by atoms with E-state index >= 15 is 0 Å². The molecule has 4 saturated carbocycles. The monoisotopic (exact) mass is 335 g/mol. The quantitative estimate of drug-likeness (QED) is 0.715. The lowest BCUT2D eigenvalue weighted by Crippen LogP contribution is -2.49. The highest BCUT2D eigenvalue weighted by Gasteiger charge is 2.50. The zero-order valence-corrected chi connectivity index (χ0v) is 15.4. The van der Waals surface area contributed by atoms with Gasteiger partial charge in [0.15, 0.2) is 0 Å². The normalized spacial score (nSPS) is 33.6. The van der Waals surface area contributed by atoms with Crippen molar-refractivity contribution in [2.24, 2.45) is 22.7 Å². The topological polar surface area (TPSA) is 43.9 Å². The summed E-state index contributed by atoms with van der Waals surface area (Å²) in [4.78, 5) is 12.3. The number of aliphatic imine (C=N–C) groups is 1. The third kappa shape index (κ3) is 2.51. The first-order valence-corrected chi connectivity index (χ1v) is 10.1. The summed E-state index contributed by atoms with van der Waals surface area (Å²) in [6, 6.07) is 4.20. The van der Waals surface area contributed by atoms with E-state index in [1.54, 1.807) is 0 Å². The number of hydrogen-bond acceptors (Lipinski definition) is 1. The van der Waals surface area contributed by atoms with E-state index in [1.807, 2.05) is 6.20 Å². The summed E-state index contributed by atoms with van der Waals surface area (Å²) in [5, 5.41) is 0. The summed E-state index contributed by atoms with van der Waals surface area (Å²) >= 11 is 0.